The summed E-state index contributed by atoms with van der Waals surface area (Å²) in [5.74, 6) is 0. The number of benzene rings is 8. The number of nitrogens with zero attached hydrogens (tertiary/aromatic N) is 3. The summed E-state index contributed by atoms with van der Waals surface area (Å²) >= 11 is 0. The van der Waals surface area contributed by atoms with Crippen molar-refractivity contribution in [3.63, 3.8) is 0 Å². The van der Waals surface area contributed by atoms with Gasteiger partial charge in [-0.1, -0.05) is 103 Å². The first-order valence-corrected chi connectivity index (χ1v) is 16.3. The zero-order valence-corrected chi connectivity index (χ0v) is 25.9. The molecule has 10 rings (SSSR count). The molecule has 0 saturated heterocycles. The lowest BCUT2D eigenvalue weighted by Gasteiger charge is -2.12. The summed E-state index contributed by atoms with van der Waals surface area (Å²) < 4.78 is 4.75. The van der Waals surface area contributed by atoms with Gasteiger partial charge in [0, 0.05) is 38.3 Å². The van der Waals surface area contributed by atoms with Crippen LogP contribution in [-0.4, -0.2) is 9.13 Å². The van der Waals surface area contributed by atoms with Gasteiger partial charge in [-0.25, -0.2) is 0 Å². The van der Waals surface area contributed by atoms with E-state index < -0.39 is 0 Å². The molecule has 2 aromatic heterocycles. The predicted octanol–water partition coefficient (Wildman–Crippen LogP) is 11.7. The molecule has 0 fully saturated rings. The van der Waals surface area contributed by atoms with Gasteiger partial charge in [0.2, 0.25) is 0 Å². The molecule has 0 spiro atoms. The van der Waals surface area contributed by atoms with Gasteiger partial charge in [0.05, 0.1) is 33.7 Å². The number of hydrogen-bond acceptors (Lipinski definition) is 1. The Hall–Kier alpha value is -6.63. The zero-order chi connectivity index (χ0) is 31.8. The van der Waals surface area contributed by atoms with Crippen molar-refractivity contribution < 1.29 is 0 Å². The number of fused-ring (bicyclic) bond motifs is 9. The van der Waals surface area contributed by atoms with Crippen LogP contribution < -0.4 is 0 Å². The van der Waals surface area contributed by atoms with Crippen LogP contribution in [0.5, 0.6) is 0 Å². The summed E-state index contributed by atoms with van der Waals surface area (Å²) in [7, 11) is 0. The Labute approximate surface area is 276 Å². The summed E-state index contributed by atoms with van der Waals surface area (Å²) in [6, 6.07) is 60.9. The minimum Gasteiger partial charge on any atom is -0.309 e. The Morgan fingerprint density at radius 3 is 1.85 bits per heavy atom. The van der Waals surface area contributed by atoms with Gasteiger partial charge in [-0.3, -0.25) is 0 Å². The molecule has 0 aliphatic carbocycles. The highest BCUT2D eigenvalue weighted by atomic mass is 15.0. The minimum atomic E-state index is 0.706. The quantitative estimate of drug-likeness (QED) is 0.183. The van der Waals surface area contributed by atoms with Crippen molar-refractivity contribution in [2.75, 3.05) is 0 Å². The van der Waals surface area contributed by atoms with E-state index in [0.717, 1.165) is 38.4 Å². The maximum absolute atomic E-state index is 9.85. The molecule has 8 aromatic carbocycles. The van der Waals surface area contributed by atoms with E-state index in [1.54, 1.807) is 0 Å². The molecule has 0 saturated carbocycles. The molecule has 0 atom stereocenters. The molecule has 48 heavy (non-hydrogen) atoms. The molecule has 0 aliphatic heterocycles. The summed E-state index contributed by atoms with van der Waals surface area (Å²) in [5.41, 5.74) is 10.1. The first-order chi connectivity index (χ1) is 23.8. The van der Waals surface area contributed by atoms with E-state index in [1.807, 2.05) is 18.2 Å². The van der Waals surface area contributed by atoms with Crippen LogP contribution in [-0.2, 0) is 0 Å². The smallest absolute Gasteiger partial charge is 0.0998 e. The van der Waals surface area contributed by atoms with Crippen molar-refractivity contribution in [3.8, 4) is 28.6 Å². The van der Waals surface area contributed by atoms with Gasteiger partial charge in [0.15, 0.2) is 0 Å². The van der Waals surface area contributed by atoms with Gasteiger partial charge in [-0.05, 0) is 87.9 Å². The second-order valence-electron chi connectivity index (χ2n) is 12.5. The van der Waals surface area contributed by atoms with Crippen molar-refractivity contribution in [2.45, 2.75) is 0 Å². The molecule has 10 aromatic rings. The van der Waals surface area contributed by atoms with E-state index in [-0.39, 0.29) is 0 Å². The van der Waals surface area contributed by atoms with Crippen LogP contribution in [0.1, 0.15) is 5.56 Å². The van der Waals surface area contributed by atoms with E-state index >= 15 is 0 Å². The molecular weight excluding hydrogens is 583 g/mol. The Bertz CT molecular complexity index is 2950. The van der Waals surface area contributed by atoms with Crippen LogP contribution in [0.3, 0.4) is 0 Å². The van der Waals surface area contributed by atoms with Crippen LogP contribution in [0.2, 0.25) is 0 Å². The van der Waals surface area contributed by atoms with E-state index in [9.17, 15) is 5.26 Å². The Kier molecular flexibility index (Phi) is 5.64. The number of para-hydroxylation sites is 3. The topological polar surface area (TPSA) is 33.6 Å². The van der Waals surface area contributed by atoms with Crippen molar-refractivity contribution in [1.82, 2.24) is 9.13 Å². The molecule has 0 N–H and O–H groups in total. The molecule has 0 bridgehead atoms. The molecule has 2 heterocycles. The molecule has 0 amide bonds. The minimum absolute atomic E-state index is 0.706. The third kappa shape index (κ3) is 3.75. The highest BCUT2D eigenvalue weighted by molar-refractivity contribution is 6.18. The molecule has 0 aliphatic rings. The number of nitriles is 1. The van der Waals surface area contributed by atoms with E-state index in [2.05, 4.69) is 161 Å². The van der Waals surface area contributed by atoms with Crippen LogP contribution in [0.4, 0.5) is 0 Å². The Balaban J connectivity index is 1.22. The Morgan fingerprint density at radius 2 is 1.04 bits per heavy atom. The van der Waals surface area contributed by atoms with E-state index in [1.165, 1.54) is 49.2 Å². The van der Waals surface area contributed by atoms with Crippen LogP contribution in [0.25, 0.3) is 87.7 Å². The first-order valence-electron chi connectivity index (χ1n) is 16.3. The van der Waals surface area contributed by atoms with Crippen LogP contribution in [0, 0.1) is 11.3 Å². The average Bonchev–Trinajstić information content (AvgIpc) is 3.67. The third-order valence-corrected chi connectivity index (χ3v) is 9.92. The van der Waals surface area contributed by atoms with Crippen LogP contribution in [0.15, 0.2) is 164 Å². The lowest BCUT2D eigenvalue weighted by atomic mass is 9.97. The van der Waals surface area contributed by atoms with Crippen molar-refractivity contribution in [3.05, 3.63) is 169 Å². The fourth-order valence-corrected chi connectivity index (χ4v) is 7.85. The van der Waals surface area contributed by atoms with Gasteiger partial charge >= 0.3 is 0 Å². The predicted molar refractivity (Wildman–Crippen MR) is 200 cm³/mol. The lowest BCUT2D eigenvalue weighted by Crippen LogP contribution is -1.94. The standard InChI is InChI=1S/C45H27N3/c46-28-31-25-29-21-23-33(27-39(29)36-14-5-4-13-34(31)36)48-41-18-8-6-15-37(41)40-26-30(22-24-43(40)48)35-17-10-20-44-45(35)38-16-7-9-19-42(38)47(44)32-11-2-1-3-12-32/h1-27H. The zero-order valence-electron chi connectivity index (χ0n) is 25.9. The fourth-order valence-electron chi connectivity index (χ4n) is 7.85. The van der Waals surface area contributed by atoms with Crippen molar-refractivity contribution in [2.24, 2.45) is 0 Å². The molecule has 3 nitrogen and oxygen atoms in total. The average molecular weight is 610 g/mol. The highest BCUT2D eigenvalue weighted by Crippen LogP contribution is 2.41. The number of rotatable bonds is 3. The van der Waals surface area contributed by atoms with Crippen molar-refractivity contribution in [1.29, 1.82) is 5.26 Å². The molecular formula is C45H27N3. The van der Waals surface area contributed by atoms with Gasteiger partial charge in [-0.15, -0.1) is 0 Å². The van der Waals surface area contributed by atoms with E-state index in [0.29, 0.717) is 5.56 Å². The lowest BCUT2D eigenvalue weighted by molar-refractivity contribution is 1.18. The summed E-state index contributed by atoms with van der Waals surface area (Å²) in [5, 5.41) is 19.1. The Morgan fingerprint density at radius 1 is 0.396 bits per heavy atom. The fraction of sp³-hybridized carbons (Fsp3) is 0. The summed E-state index contributed by atoms with van der Waals surface area (Å²) in [4.78, 5) is 0. The second-order valence-corrected chi connectivity index (χ2v) is 12.5. The first kappa shape index (κ1) is 26.6. The van der Waals surface area contributed by atoms with Crippen LogP contribution >= 0.6 is 0 Å². The van der Waals surface area contributed by atoms with Gasteiger partial charge in [0.25, 0.3) is 0 Å². The maximum atomic E-state index is 9.85. The highest BCUT2D eigenvalue weighted by Gasteiger charge is 2.18. The molecule has 222 valence electrons. The number of hydrogen-bond donors (Lipinski definition) is 0. The number of aromatic nitrogens is 2. The summed E-state index contributed by atoms with van der Waals surface area (Å²) in [6.07, 6.45) is 0. The summed E-state index contributed by atoms with van der Waals surface area (Å²) in [6.45, 7) is 0. The maximum Gasteiger partial charge on any atom is 0.0998 e. The largest absolute Gasteiger partial charge is 0.309 e. The normalized spacial score (nSPS) is 11.7. The van der Waals surface area contributed by atoms with Gasteiger partial charge in [-0.2, -0.15) is 5.26 Å². The second kappa shape index (κ2) is 10.2. The monoisotopic (exact) mass is 609 g/mol. The van der Waals surface area contributed by atoms with Gasteiger partial charge < -0.3 is 9.13 Å². The van der Waals surface area contributed by atoms with E-state index in [4.69, 9.17) is 0 Å². The third-order valence-electron chi connectivity index (χ3n) is 9.92. The SMILES string of the molecule is N#Cc1cc2ccc(-n3c4ccccc4c4cc(-c5cccc6c5c5ccccc5n6-c5ccccc5)ccc43)cc2c2ccccc12. The van der Waals surface area contributed by atoms with Crippen molar-refractivity contribution >= 4 is 65.2 Å². The molecule has 0 radical (unpaired) electrons. The molecule has 3 heteroatoms. The molecule has 0 unspecified atom stereocenters. The van der Waals surface area contributed by atoms with Gasteiger partial charge in [0.1, 0.15) is 0 Å².